The van der Waals surface area contributed by atoms with E-state index >= 15 is 0 Å². The van der Waals surface area contributed by atoms with Crippen molar-refractivity contribution in [2.45, 2.75) is 16.8 Å². The van der Waals surface area contributed by atoms with Gasteiger partial charge >= 0.3 is 6.18 Å². The van der Waals surface area contributed by atoms with Crippen LogP contribution in [0.3, 0.4) is 0 Å². The van der Waals surface area contributed by atoms with Crippen LogP contribution < -0.4 is 0 Å². The van der Waals surface area contributed by atoms with Gasteiger partial charge in [0.15, 0.2) is 9.84 Å². The number of rotatable bonds is 3. The number of hydrogen-bond donors (Lipinski definition) is 0. The van der Waals surface area contributed by atoms with E-state index in [-0.39, 0.29) is 0 Å². The van der Waals surface area contributed by atoms with Crippen LogP contribution in [0, 0.1) is 11.6 Å². The van der Waals surface area contributed by atoms with E-state index in [1.165, 1.54) is 0 Å². The molecule has 1 aromatic carbocycles. The van der Waals surface area contributed by atoms with Crippen molar-refractivity contribution in [2.75, 3.05) is 0 Å². The summed E-state index contributed by atoms with van der Waals surface area (Å²) in [5.74, 6) is -2.63. The Hall–Kier alpha value is -2.03. The highest BCUT2D eigenvalue weighted by atomic mass is 32.2. The molecule has 118 valence electrons. The van der Waals surface area contributed by atoms with Crippen molar-refractivity contribution in [3.63, 3.8) is 0 Å². The first-order valence-electron chi connectivity index (χ1n) is 5.79. The van der Waals surface area contributed by atoms with Gasteiger partial charge in [-0.1, -0.05) is 0 Å². The zero-order valence-electron chi connectivity index (χ0n) is 10.7. The van der Waals surface area contributed by atoms with Gasteiger partial charge in [0.2, 0.25) is 0 Å². The third kappa shape index (κ3) is 3.59. The number of pyridine rings is 1. The van der Waals surface area contributed by atoms with Crippen LogP contribution in [-0.2, 0) is 21.8 Å². The first-order valence-corrected chi connectivity index (χ1v) is 7.45. The van der Waals surface area contributed by atoms with Gasteiger partial charge in [-0.2, -0.15) is 13.2 Å². The molecule has 9 heteroatoms. The minimum atomic E-state index is -4.70. The maximum Gasteiger partial charge on any atom is 0.433 e. The number of nitrogens with zero attached hydrogens (tertiary/aromatic N) is 1. The SMILES string of the molecule is O=S(=O)(Cc1cc(F)ccc1F)c1ccc(C(F)(F)F)nc1. The summed E-state index contributed by atoms with van der Waals surface area (Å²) in [5.41, 5.74) is -1.66. The van der Waals surface area contributed by atoms with E-state index in [4.69, 9.17) is 0 Å². The molecular weight excluding hydrogens is 329 g/mol. The van der Waals surface area contributed by atoms with Gasteiger partial charge < -0.3 is 0 Å². The Morgan fingerprint density at radius 1 is 1.05 bits per heavy atom. The molecule has 0 bridgehead atoms. The number of benzene rings is 1. The van der Waals surface area contributed by atoms with Crippen LogP contribution in [-0.4, -0.2) is 13.4 Å². The Bertz CT molecular complexity index is 785. The fraction of sp³-hybridized carbons (Fsp3) is 0.154. The van der Waals surface area contributed by atoms with E-state index < -0.39 is 49.6 Å². The van der Waals surface area contributed by atoms with E-state index in [0.29, 0.717) is 18.3 Å². The molecule has 0 fully saturated rings. The second-order valence-corrected chi connectivity index (χ2v) is 6.36. The van der Waals surface area contributed by atoms with Gasteiger partial charge in [-0.05, 0) is 30.3 Å². The zero-order chi connectivity index (χ0) is 16.5. The van der Waals surface area contributed by atoms with Crippen molar-refractivity contribution in [1.82, 2.24) is 4.98 Å². The molecule has 22 heavy (non-hydrogen) atoms. The molecule has 0 saturated carbocycles. The van der Waals surface area contributed by atoms with Crippen molar-refractivity contribution in [3.05, 3.63) is 59.4 Å². The summed E-state index contributed by atoms with van der Waals surface area (Å²) in [6.07, 6.45) is -4.16. The van der Waals surface area contributed by atoms with Crippen LogP contribution in [0.4, 0.5) is 22.0 Å². The third-order valence-corrected chi connectivity index (χ3v) is 4.39. The Morgan fingerprint density at radius 3 is 2.27 bits per heavy atom. The van der Waals surface area contributed by atoms with Crippen molar-refractivity contribution in [2.24, 2.45) is 0 Å². The average molecular weight is 337 g/mol. The van der Waals surface area contributed by atoms with Gasteiger partial charge in [-0.15, -0.1) is 0 Å². The number of hydrogen-bond acceptors (Lipinski definition) is 3. The normalized spacial score (nSPS) is 12.4. The molecule has 0 aliphatic heterocycles. The van der Waals surface area contributed by atoms with Crippen molar-refractivity contribution < 1.29 is 30.4 Å². The van der Waals surface area contributed by atoms with Gasteiger partial charge in [0.1, 0.15) is 17.3 Å². The fourth-order valence-corrected chi connectivity index (χ4v) is 2.96. The lowest BCUT2D eigenvalue weighted by atomic mass is 10.2. The van der Waals surface area contributed by atoms with Gasteiger partial charge in [0.25, 0.3) is 0 Å². The first kappa shape index (κ1) is 16.3. The summed E-state index contributed by atoms with van der Waals surface area (Å²) >= 11 is 0. The molecular formula is C13H8F5NO2S. The fourth-order valence-electron chi connectivity index (χ4n) is 1.67. The van der Waals surface area contributed by atoms with Crippen LogP contribution >= 0.6 is 0 Å². The Kier molecular flexibility index (Phi) is 4.19. The second kappa shape index (κ2) is 5.64. The minimum Gasteiger partial charge on any atom is -0.250 e. The molecule has 0 aliphatic rings. The maximum absolute atomic E-state index is 13.4. The van der Waals surface area contributed by atoms with Gasteiger partial charge in [0.05, 0.1) is 10.6 Å². The molecule has 0 unspecified atom stereocenters. The van der Waals surface area contributed by atoms with Crippen molar-refractivity contribution >= 4 is 9.84 Å². The minimum absolute atomic E-state index is 0.417. The predicted molar refractivity (Wildman–Crippen MR) is 66.5 cm³/mol. The first-order chi connectivity index (χ1) is 10.1. The second-order valence-electron chi connectivity index (χ2n) is 4.37. The number of halogens is 5. The third-order valence-electron chi connectivity index (χ3n) is 2.74. The van der Waals surface area contributed by atoms with Crippen molar-refractivity contribution in [3.8, 4) is 0 Å². The summed E-state index contributed by atoms with van der Waals surface area (Å²) in [6, 6.07) is 3.54. The molecule has 0 spiro atoms. The number of sulfone groups is 1. The molecule has 1 heterocycles. The summed E-state index contributed by atoms with van der Waals surface area (Å²) < 4.78 is 87.6. The van der Waals surface area contributed by atoms with Gasteiger partial charge in [0, 0.05) is 11.8 Å². The molecule has 0 amide bonds. The highest BCUT2D eigenvalue weighted by molar-refractivity contribution is 7.90. The summed E-state index contributed by atoms with van der Waals surface area (Å²) in [4.78, 5) is 2.52. The largest absolute Gasteiger partial charge is 0.433 e. The quantitative estimate of drug-likeness (QED) is 0.807. The number of alkyl halides is 3. The highest BCUT2D eigenvalue weighted by Crippen LogP contribution is 2.28. The molecule has 2 aromatic rings. The number of aromatic nitrogens is 1. The molecule has 0 radical (unpaired) electrons. The molecule has 0 aliphatic carbocycles. The van der Waals surface area contributed by atoms with E-state index in [1.54, 1.807) is 0 Å². The lowest BCUT2D eigenvalue weighted by Crippen LogP contribution is -2.11. The standard InChI is InChI=1S/C13H8F5NO2S/c14-9-1-3-11(15)8(5-9)7-22(20,21)10-2-4-12(19-6-10)13(16,17)18/h1-6H,7H2. The molecule has 2 rings (SSSR count). The lowest BCUT2D eigenvalue weighted by molar-refractivity contribution is -0.141. The van der Waals surface area contributed by atoms with Crippen LogP contribution in [0.15, 0.2) is 41.4 Å². The monoisotopic (exact) mass is 337 g/mol. The maximum atomic E-state index is 13.4. The van der Waals surface area contributed by atoms with Crippen molar-refractivity contribution in [1.29, 1.82) is 0 Å². The molecule has 1 aromatic heterocycles. The Labute approximate surface area is 122 Å². The van der Waals surface area contributed by atoms with Crippen LogP contribution in [0.1, 0.15) is 11.3 Å². The Balaban J connectivity index is 2.33. The average Bonchev–Trinajstić information content (AvgIpc) is 2.42. The van der Waals surface area contributed by atoms with Gasteiger partial charge in [-0.3, -0.25) is 4.98 Å². The van der Waals surface area contributed by atoms with Crippen LogP contribution in [0.2, 0.25) is 0 Å². The van der Waals surface area contributed by atoms with Crippen LogP contribution in [0.5, 0.6) is 0 Å². The topological polar surface area (TPSA) is 47.0 Å². The van der Waals surface area contributed by atoms with E-state index in [1.807, 2.05) is 0 Å². The van der Waals surface area contributed by atoms with Crippen LogP contribution in [0.25, 0.3) is 0 Å². The molecule has 0 atom stereocenters. The molecule has 0 N–H and O–H groups in total. The zero-order valence-corrected chi connectivity index (χ0v) is 11.5. The summed E-state index contributed by atoms with van der Waals surface area (Å²) in [5, 5.41) is 0. The molecule has 3 nitrogen and oxygen atoms in total. The lowest BCUT2D eigenvalue weighted by Gasteiger charge is -2.08. The molecule has 0 saturated heterocycles. The smallest absolute Gasteiger partial charge is 0.250 e. The predicted octanol–water partition coefficient (Wildman–Crippen LogP) is 3.35. The highest BCUT2D eigenvalue weighted by Gasteiger charge is 2.32. The summed E-state index contributed by atoms with van der Waals surface area (Å²) in [7, 11) is -4.15. The van der Waals surface area contributed by atoms with E-state index in [0.717, 1.165) is 18.2 Å². The van der Waals surface area contributed by atoms with Gasteiger partial charge in [-0.25, -0.2) is 17.2 Å². The van der Waals surface area contributed by atoms with E-state index in [2.05, 4.69) is 4.98 Å². The Morgan fingerprint density at radius 2 is 1.73 bits per heavy atom. The summed E-state index contributed by atoms with van der Waals surface area (Å²) in [6.45, 7) is 0. The van der Waals surface area contributed by atoms with E-state index in [9.17, 15) is 30.4 Å².